The van der Waals surface area contributed by atoms with Crippen molar-refractivity contribution < 1.29 is 8.42 Å². The molecule has 19 heavy (non-hydrogen) atoms. The molecule has 0 amide bonds. The molecular weight excluding hydrogens is 286 g/mol. The van der Waals surface area contributed by atoms with Crippen LogP contribution in [0.15, 0.2) is 5.16 Å². The van der Waals surface area contributed by atoms with Gasteiger partial charge in [0, 0.05) is 23.1 Å². The summed E-state index contributed by atoms with van der Waals surface area (Å²) in [6.07, 6.45) is 0.804. The Labute approximate surface area is 118 Å². The Balaban J connectivity index is 2.53. The summed E-state index contributed by atoms with van der Waals surface area (Å²) in [6, 6.07) is 0. The highest BCUT2D eigenvalue weighted by Gasteiger charge is 2.67. The van der Waals surface area contributed by atoms with Crippen LogP contribution in [-0.2, 0) is 15.6 Å². The second-order valence-corrected chi connectivity index (χ2v) is 8.77. The molecule has 0 aromatic carbocycles. The lowest BCUT2D eigenvalue weighted by Crippen LogP contribution is -2.10. The van der Waals surface area contributed by atoms with Crippen LogP contribution in [0.5, 0.6) is 0 Å². The van der Waals surface area contributed by atoms with Crippen LogP contribution in [0.25, 0.3) is 0 Å². The van der Waals surface area contributed by atoms with Gasteiger partial charge in [-0.2, -0.15) is 0 Å². The molecule has 0 spiro atoms. The Kier molecular flexibility index (Phi) is 3.26. The molecule has 0 unspecified atom stereocenters. The Morgan fingerprint density at radius 3 is 2.11 bits per heavy atom. The van der Waals surface area contributed by atoms with Gasteiger partial charge in [0.2, 0.25) is 0 Å². The zero-order valence-electron chi connectivity index (χ0n) is 11.9. The minimum atomic E-state index is -3.85. The number of hydrogen-bond donors (Lipinski definition) is 0. The van der Waals surface area contributed by atoms with Crippen LogP contribution in [0.3, 0.4) is 0 Å². The predicted molar refractivity (Wildman–Crippen MR) is 73.7 cm³/mol. The molecule has 7 heteroatoms. The van der Waals surface area contributed by atoms with Gasteiger partial charge in [0.25, 0.3) is 14.2 Å². The first-order valence-corrected chi connectivity index (χ1v) is 8.73. The first-order valence-electron chi connectivity index (χ1n) is 6.43. The summed E-state index contributed by atoms with van der Waals surface area (Å²) in [5.74, 6) is 0.933. The summed E-state index contributed by atoms with van der Waals surface area (Å²) in [6.45, 7) is 11.2. The summed E-state index contributed by atoms with van der Waals surface area (Å²) >= 11 is 0. The van der Waals surface area contributed by atoms with Gasteiger partial charge in [0.1, 0.15) is 5.82 Å². The van der Waals surface area contributed by atoms with Gasteiger partial charge in [0.05, 0.1) is 0 Å². The Morgan fingerprint density at radius 2 is 1.74 bits per heavy atom. The van der Waals surface area contributed by atoms with Crippen molar-refractivity contribution in [3.8, 4) is 0 Å². The first kappa shape index (κ1) is 14.8. The molecule has 2 rings (SSSR count). The molecule has 0 bridgehead atoms. The molecule has 5 nitrogen and oxygen atoms in total. The van der Waals surface area contributed by atoms with E-state index in [1.165, 1.54) is 0 Å². The number of hydrogen-bond acceptors (Lipinski definition) is 4. The molecule has 0 aliphatic heterocycles. The van der Waals surface area contributed by atoms with E-state index in [0.717, 1.165) is 12.2 Å². The average Bonchev–Trinajstić information content (AvgIpc) is 2.59. The maximum absolute atomic E-state index is 11.5. The van der Waals surface area contributed by atoms with Gasteiger partial charge in [-0.25, -0.2) is 8.42 Å². The van der Waals surface area contributed by atoms with E-state index in [-0.39, 0.29) is 21.9 Å². The molecule has 1 aromatic rings. The minimum absolute atomic E-state index is 0.0822. The van der Waals surface area contributed by atoms with Gasteiger partial charge >= 0.3 is 0 Å². The third kappa shape index (κ3) is 2.09. The number of halogens is 1. The molecule has 0 N–H and O–H groups in total. The normalized spacial score (nSPS) is 21.6. The van der Waals surface area contributed by atoms with Crippen LogP contribution >= 0.6 is 10.7 Å². The van der Waals surface area contributed by atoms with Gasteiger partial charge in [0.15, 0.2) is 0 Å². The van der Waals surface area contributed by atoms with E-state index >= 15 is 0 Å². The monoisotopic (exact) mass is 305 g/mol. The summed E-state index contributed by atoms with van der Waals surface area (Å²) in [7, 11) is 1.58. The molecule has 1 aromatic heterocycles. The third-order valence-corrected chi connectivity index (χ3v) is 5.84. The molecule has 0 radical (unpaired) electrons. The van der Waals surface area contributed by atoms with Gasteiger partial charge in [-0.15, -0.1) is 10.2 Å². The van der Waals surface area contributed by atoms with Crippen molar-refractivity contribution in [1.29, 1.82) is 0 Å². The summed E-state index contributed by atoms with van der Waals surface area (Å²) in [5.41, 5.74) is 0.164. The van der Waals surface area contributed by atoms with Crippen molar-refractivity contribution in [3.63, 3.8) is 0 Å². The van der Waals surface area contributed by atoms with Crippen molar-refractivity contribution in [3.05, 3.63) is 5.82 Å². The van der Waals surface area contributed by atoms with E-state index in [2.05, 4.69) is 37.9 Å². The highest BCUT2D eigenvalue weighted by molar-refractivity contribution is 8.13. The number of aromatic nitrogens is 3. The summed E-state index contributed by atoms with van der Waals surface area (Å²) < 4.78 is 24.8. The molecule has 1 fully saturated rings. The van der Waals surface area contributed by atoms with Crippen molar-refractivity contribution in [2.75, 3.05) is 0 Å². The van der Waals surface area contributed by atoms with E-state index in [4.69, 9.17) is 10.7 Å². The lowest BCUT2D eigenvalue weighted by molar-refractivity contribution is 0.457. The standard InChI is InChI=1S/C12H20ClN3O2S/c1-6-7-16-9(8-11(2,3)12(8,4)5)14-15-10(16)19(13,17)18/h8H,6-7H2,1-5H3. The maximum Gasteiger partial charge on any atom is 0.296 e. The fraction of sp³-hybridized carbons (Fsp3) is 0.833. The van der Waals surface area contributed by atoms with Crippen LogP contribution in [0.2, 0.25) is 0 Å². The second-order valence-electron chi connectivity index (χ2n) is 6.31. The quantitative estimate of drug-likeness (QED) is 0.802. The molecule has 1 heterocycles. The van der Waals surface area contributed by atoms with Crippen LogP contribution in [-0.4, -0.2) is 23.2 Å². The molecule has 0 atom stereocenters. The van der Waals surface area contributed by atoms with Crippen molar-refractivity contribution in [2.24, 2.45) is 10.8 Å². The molecule has 0 saturated heterocycles. The summed E-state index contributed by atoms with van der Waals surface area (Å²) in [5, 5.41) is 7.76. The number of rotatable bonds is 4. The lowest BCUT2D eigenvalue weighted by Gasteiger charge is -2.08. The highest BCUT2D eigenvalue weighted by atomic mass is 35.7. The van der Waals surface area contributed by atoms with E-state index < -0.39 is 9.05 Å². The molecular formula is C12H20ClN3O2S. The average molecular weight is 306 g/mol. The SMILES string of the molecule is CCCn1c(C2C(C)(C)C2(C)C)nnc1S(=O)(=O)Cl. The Hall–Kier alpha value is -0.620. The van der Waals surface area contributed by atoms with Crippen LogP contribution in [0.4, 0.5) is 0 Å². The molecule has 108 valence electrons. The topological polar surface area (TPSA) is 64.8 Å². The molecule has 1 saturated carbocycles. The van der Waals surface area contributed by atoms with Crippen LogP contribution in [0, 0.1) is 10.8 Å². The Bertz CT molecular complexity index is 590. The Morgan fingerprint density at radius 1 is 1.21 bits per heavy atom. The highest BCUT2D eigenvalue weighted by Crippen LogP contribution is 2.73. The molecule has 1 aliphatic carbocycles. The van der Waals surface area contributed by atoms with Crippen molar-refractivity contribution in [1.82, 2.24) is 14.8 Å². The predicted octanol–water partition coefficient (Wildman–Crippen LogP) is 2.77. The maximum atomic E-state index is 11.5. The van der Waals surface area contributed by atoms with Crippen molar-refractivity contribution >= 4 is 19.7 Å². The second kappa shape index (κ2) is 4.19. The summed E-state index contributed by atoms with van der Waals surface area (Å²) in [4.78, 5) is 0. The van der Waals surface area contributed by atoms with Crippen LogP contribution < -0.4 is 0 Å². The van der Waals surface area contributed by atoms with E-state index in [1.807, 2.05) is 6.92 Å². The largest absolute Gasteiger partial charge is 0.301 e. The fourth-order valence-electron chi connectivity index (χ4n) is 2.97. The minimum Gasteiger partial charge on any atom is -0.301 e. The third-order valence-electron chi connectivity index (χ3n) is 4.69. The lowest BCUT2D eigenvalue weighted by atomic mass is 10.0. The number of nitrogens with zero attached hydrogens (tertiary/aromatic N) is 3. The van der Waals surface area contributed by atoms with Crippen LogP contribution in [0.1, 0.15) is 52.8 Å². The van der Waals surface area contributed by atoms with E-state index in [9.17, 15) is 8.42 Å². The first-order chi connectivity index (χ1) is 8.55. The van der Waals surface area contributed by atoms with Crippen molar-refractivity contribution in [2.45, 2.75) is 58.7 Å². The zero-order chi connectivity index (χ0) is 14.6. The smallest absolute Gasteiger partial charge is 0.296 e. The van der Waals surface area contributed by atoms with Gasteiger partial charge in [-0.1, -0.05) is 34.6 Å². The van der Waals surface area contributed by atoms with Gasteiger partial charge in [-0.3, -0.25) is 0 Å². The molecule has 1 aliphatic rings. The van der Waals surface area contributed by atoms with Gasteiger partial charge < -0.3 is 4.57 Å². The van der Waals surface area contributed by atoms with E-state index in [1.54, 1.807) is 4.57 Å². The van der Waals surface area contributed by atoms with E-state index in [0.29, 0.717) is 6.54 Å². The fourth-order valence-corrected chi connectivity index (χ4v) is 3.90. The van der Waals surface area contributed by atoms with Gasteiger partial charge in [-0.05, 0) is 17.3 Å². The zero-order valence-corrected chi connectivity index (χ0v) is 13.5.